The van der Waals surface area contributed by atoms with Crippen LogP contribution in [-0.4, -0.2) is 9.97 Å². The van der Waals surface area contributed by atoms with Crippen LogP contribution >= 0.6 is 11.3 Å². The Bertz CT molecular complexity index is 655. The molecule has 0 aliphatic heterocycles. The molecule has 0 aliphatic carbocycles. The lowest BCUT2D eigenvalue weighted by atomic mass is 10.2. The summed E-state index contributed by atoms with van der Waals surface area (Å²) in [6.45, 7) is 3.99. The van der Waals surface area contributed by atoms with Crippen LogP contribution in [0.5, 0.6) is 0 Å². The second-order valence-corrected chi connectivity index (χ2v) is 4.68. The van der Waals surface area contributed by atoms with Gasteiger partial charge in [0.1, 0.15) is 5.82 Å². The zero-order valence-corrected chi connectivity index (χ0v) is 9.43. The Labute approximate surface area is 91.6 Å². The molecule has 2 heterocycles. The van der Waals surface area contributed by atoms with Gasteiger partial charge in [-0.25, -0.2) is 9.97 Å². The number of rotatable bonds is 0. The maximum atomic E-state index is 4.52. The lowest BCUT2D eigenvalue weighted by Gasteiger charge is -1.96. The molecule has 0 unspecified atom stereocenters. The van der Waals surface area contributed by atoms with Crippen molar-refractivity contribution in [3.05, 3.63) is 35.8 Å². The van der Waals surface area contributed by atoms with Gasteiger partial charge in [-0.3, -0.25) is 0 Å². The third-order valence-corrected chi connectivity index (χ3v) is 3.77. The molecule has 0 fully saturated rings. The van der Waals surface area contributed by atoms with Gasteiger partial charge < -0.3 is 0 Å². The summed E-state index contributed by atoms with van der Waals surface area (Å²) >= 11 is 1.77. The Balaban J connectivity index is 2.61. The predicted molar refractivity (Wildman–Crippen MR) is 64.4 cm³/mol. The number of benzene rings is 1. The average Bonchev–Trinajstić information content (AvgIpc) is 2.57. The van der Waals surface area contributed by atoms with Crippen molar-refractivity contribution >= 4 is 31.6 Å². The van der Waals surface area contributed by atoms with E-state index in [1.807, 2.05) is 13.8 Å². The van der Waals surface area contributed by atoms with E-state index >= 15 is 0 Å². The maximum absolute atomic E-state index is 4.52. The molecule has 0 atom stereocenters. The quantitative estimate of drug-likeness (QED) is 0.572. The molecule has 1 aromatic carbocycles. The van der Waals surface area contributed by atoms with Crippen molar-refractivity contribution < 1.29 is 0 Å². The molecule has 0 amide bonds. The van der Waals surface area contributed by atoms with Gasteiger partial charge in [0.15, 0.2) is 0 Å². The number of hydrogen-bond donors (Lipinski definition) is 0. The zero-order chi connectivity index (χ0) is 10.4. The first-order valence-corrected chi connectivity index (χ1v) is 5.70. The third-order valence-electron chi connectivity index (χ3n) is 2.50. The Morgan fingerprint density at radius 1 is 1.07 bits per heavy atom. The van der Waals surface area contributed by atoms with Gasteiger partial charge in [0, 0.05) is 10.1 Å². The summed E-state index contributed by atoms with van der Waals surface area (Å²) in [7, 11) is 0. The summed E-state index contributed by atoms with van der Waals surface area (Å²) < 4.78 is 2.50. The normalized spacial score (nSPS) is 11.3. The van der Waals surface area contributed by atoms with Gasteiger partial charge in [-0.1, -0.05) is 18.2 Å². The van der Waals surface area contributed by atoms with E-state index in [1.165, 1.54) is 14.8 Å². The molecule has 0 saturated heterocycles. The van der Waals surface area contributed by atoms with Crippen molar-refractivity contribution in [3.63, 3.8) is 0 Å². The Morgan fingerprint density at radius 2 is 1.87 bits per heavy atom. The first-order chi connectivity index (χ1) is 7.25. The zero-order valence-electron chi connectivity index (χ0n) is 8.61. The summed E-state index contributed by atoms with van der Waals surface area (Å²) in [5.41, 5.74) is 2.18. The van der Waals surface area contributed by atoms with Crippen molar-refractivity contribution in [2.24, 2.45) is 0 Å². The largest absolute Gasteiger partial charge is 0.237 e. The minimum Gasteiger partial charge on any atom is -0.237 e. The molecule has 0 spiro atoms. The fourth-order valence-electron chi connectivity index (χ4n) is 1.87. The van der Waals surface area contributed by atoms with Gasteiger partial charge in [0.05, 0.1) is 15.9 Å². The van der Waals surface area contributed by atoms with Gasteiger partial charge >= 0.3 is 0 Å². The summed E-state index contributed by atoms with van der Waals surface area (Å²) in [5, 5.41) is 1.24. The van der Waals surface area contributed by atoms with Crippen LogP contribution in [-0.2, 0) is 0 Å². The molecular formula is C12H10N2S. The van der Waals surface area contributed by atoms with E-state index < -0.39 is 0 Å². The highest BCUT2D eigenvalue weighted by Crippen LogP contribution is 2.33. The second-order valence-electron chi connectivity index (χ2n) is 3.63. The fourth-order valence-corrected chi connectivity index (χ4v) is 2.96. The Hall–Kier alpha value is -1.48. The van der Waals surface area contributed by atoms with Crippen molar-refractivity contribution in [1.82, 2.24) is 9.97 Å². The average molecular weight is 214 g/mol. The highest BCUT2D eigenvalue weighted by molar-refractivity contribution is 7.25. The van der Waals surface area contributed by atoms with Gasteiger partial charge in [0.25, 0.3) is 0 Å². The van der Waals surface area contributed by atoms with Crippen molar-refractivity contribution in [2.75, 3.05) is 0 Å². The highest BCUT2D eigenvalue weighted by Gasteiger charge is 2.08. The van der Waals surface area contributed by atoms with E-state index in [2.05, 4.69) is 34.2 Å². The summed E-state index contributed by atoms with van der Waals surface area (Å²) in [6.07, 6.45) is 0. The van der Waals surface area contributed by atoms with Crippen molar-refractivity contribution in [3.8, 4) is 0 Å². The third kappa shape index (κ3) is 1.23. The predicted octanol–water partition coefficient (Wildman–Crippen LogP) is 3.46. The van der Waals surface area contributed by atoms with Crippen LogP contribution in [0.1, 0.15) is 11.5 Å². The standard InChI is InChI=1S/C12H10N2S/c1-7-12-11(14-8(2)13-7)9-5-3-4-6-10(9)15-12/h3-6H,1-2H3. The smallest absolute Gasteiger partial charge is 0.126 e. The molecule has 0 radical (unpaired) electrons. The lowest BCUT2D eigenvalue weighted by Crippen LogP contribution is -1.89. The monoisotopic (exact) mass is 214 g/mol. The topological polar surface area (TPSA) is 25.8 Å². The van der Waals surface area contributed by atoms with Crippen LogP contribution in [0.3, 0.4) is 0 Å². The number of hydrogen-bond acceptors (Lipinski definition) is 3. The van der Waals surface area contributed by atoms with Crippen LogP contribution in [0.15, 0.2) is 24.3 Å². The number of fused-ring (bicyclic) bond motifs is 3. The van der Waals surface area contributed by atoms with Crippen molar-refractivity contribution in [2.45, 2.75) is 13.8 Å². The van der Waals surface area contributed by atoms with E-state index in [0.717, 1.165) is 17.0 Å². The van der Waals surface area contributed by atoms with E-state index in [0.29, 0.717) is 0 Å². The molecule has 3 aromatic rings. The first kappa shape index (κ1) is 8.80. The molecule has 0 N–H and O–H groups in total. The minimum atomic E-state index is 0.851. The number of thiophene rings is 1. The van der Waals surface area contributed by atoms with E-state index in [9.17, 15) is 0 Å². The molecule has 2 aromatic heterocycles. The Kier molecular flexibility index (Phi) is 1.76. The summed E-state index contributed by atoms with van der Waals surface area (Å²) in [6, 6.07) is 8.38. The molecule has 0 aliphatic rings. The van der Waals surface area contributed by atoms with Crippen LogP contribution in [0.25, 0.3) is 20.3 Å². The van der Waals surface area contributed by atoms with Gasteiger partial charge in [0.2, 0.25) is 0 Å². The minimum absolute atomic E-state index is 0.851. The van der Waals surface area contributed by atoms with Crippen LogP contribution < -0.4 is 0 Å². The van der Waals surface area contributed by atoms with E-state index in [1.54, 1.807) is 11.3 Å². The summed E-state index contributed by atoms with van der Waals surface area (Å²) in [5.74, 6) is 0.851. The molecule has 74 valence electrons. The lowest BCUT2D eigenvalue weighted by molar-refractivity contribution is 1.06. The Morgan fingerprint density at radius 3 is 2.73 bits per heavy atom. The molecule has 3 heteroatoms. The molecule has 0 saturated carbocycles. The molecule has 3 rings (SSSR count). The number of nitrogens with zero attached hydrogens (tertiary/aromatic N) is 2. The SMILES string of the molecule is Cc1nc(C)c2sc3ccccc3c2n1. The van der Waals surface area contributed by atoms with Gasteiger partial charge in [-0.2, -0.15) is 0 Å². The van der Waals surface area contributed by atoms with E-state index in [4.69, 9.17) is 0 Å². The number of aryl methyl sites for hydroxylation is 2. The first-order valence-electron chi connectivity index (χ1n) is 4.88. The molecule has 2 nitrogen and oxygen atoms in total. The van der Waals surface area contributed by atoms with Gasteiger partial charge in [-0.05, 0) is 19.9 Å². The molecule has 15 heavy (non-hydrogen) atoms. The summed E-state index contributed by atoms with van der Waals surface area (Å²) in [4.78, 5) is 8.92. The fraction of sp³-hybridized carbons (Fsp3) is 0.167. The van der Waals surface area contributed by atoms with Crippen LogP contribution in [0, 0.1) is 13.8 Å². The van der Waals surface area contributed by atoms with E-state index in [-0.39, 0.29) is 0 Å². The molecular weight excluding hydrogens is 204 g/mol. The van der Waals surface area contributed by atoms with Gasteiger partial charge in [-0.15, -0.1) is 11.3 Å². The van der Waals surface area contributed by atoms with Crippen molar-refractivity contribution in [1.29, 1.82) is 0 Å². The maximum Gasteiger partial charge on any atom is 0.126 e. The van der Waals surface area contributed by atoms with Crippen LogP contribution in [0.4, 0.5) is 0 Å². The van der Waals surface area contributed by atoms with Crippen LogP contribution in [0.2, 0.25) is 0 Å². The second kappa shape index (κ2) is 3.00. The molecule has 0 bridgehead atoms. The highest BCUT2D eigenvalue weighted by atomic mass is 32.1. The number of aromatic nitrogens is 2.